The van der Waals surface area contributed by atoms with Crippen molar-refractivity contribution in [3.05, 3.63) is 107 Å². The molecule has 2 heterocycles. The summed E-state index contributed by atoms with van der Waals surface area (Å²) in [6, 6.07) is 21.2. The van der Waals surface area contributed by atoms with Gasteiger partial charge in [-0.1, -0.05) is 54.1 Å². The molecule has 0 aliphatic carbocycles. The first-order valence-corrected chi connectivity index (χ1v) is 12.6. The molecular formula is C30H31N5O3. The average Bonchev–Trinajstić information content (AvgIpc) is 3.37. The van der Waals surface area contributed by atoms with E-state index in [0.29, 0.717) is 41.9 Å². The quantitative estimate of drug-likeness (QED) is 0.312. The van der Waals surface area contributed by atoms with Gasteiger partial charge in [0, 0.05) is 11.4 Å². The van der Waals surface area contributed by atoms with E-state index < -0.39 is 6.04 Å². The summed E-state index contributed by atoms with van der Waals surface area (Å²) < 4.78 is 13.8. The highest BCUT2D eigenvalue weighted by molar-refractivity contribution is 6.06. The van der Waals surface area contributed by atoms with Gasteiger partial charge in [-0.3, -0.25) is 4.79 Å². The lowest BCUT2D eigenvalue weighted by Gasteiger charge is -2.29. The SMILES string of the molecule is CCOc1cc(C2C(C(=O)Nc3ccc(C)cc3C)=C(C)Nc3ncnn32)ccc1OCc1ccccc1. The molecule has 0 saturated heterocycles. The Kier molecular flexibility index (Phi) is 7.13. The molecule has 38 heavy (non-hydrogen) atoms. The van der Waals surface area contributed by atoms with Crippen LogP contribution in [0.5, 0.6) is 11.5 Å². The molecule has 194 valence electrons. The summed E-state index contributed by atoms with van der Waals surface area (Å²) >= 11 is 0. The van der Waals surface area contributed by atoms with E-state index in [4.69, 9.17) is 9.47 Å². The van der Waals surface area contributed by atoms with Gasteiger partial charge in [0.05, 0.1) is 12.2 Å². The molecule has 0 spiro atoms. The predicted octanol–water partition coefficient (Wildman–Crippen LogP) is 5.80. The molecular weight excluding hydrogens is 478 g/mol. The predicted molar refractivity (Wildman–Crippen MR) is 147 cm³/mol. The van der Waals surface area contributed by atoms with E-state index in [1.54, 1.807) is 4.68 Å². The molecule has 1 atom stereocenters. The number of benzene rings is 3. The van der Waals surface area contributed by atoms with Crippen LogP contribution < -0.4 is 20.1 Å². The van der Waals surface area contributed by atoms with E-state index >= 15 is 0 Å². The number of nitrogens with one attached hydrogen (secondary N) is 2. The Bertz CT molecular complexity index is 1490. The van der Waals surface area contributed by atoms with E-state index in [-0.39, 0.29) is 5.91 Å². The van der Waals surface area contributed by atoms with Gasteiger partial charge in [-0.15, -0.1) is 0 Å². The van der Waals surface area contributed by atoms with Crippen molar-refractivity contribution in [2.75, 3.05) is 17.2 Å². The zero-order chi connectivity index (χ0) is 26.6. The third-order valence-corrected chi connectivity index (χ3v) is 6.49. The average molecular weight is 510 g/mol. The highest BCUT2D eigenvalue weighted by Crippen LogP contribution is 2.39. The minimum absolute atomic E-state index is 0.213. The normalized spacial score (nSPS) is 14.5. The summed E-state index contributed by atoms with van der Waals surface area (Å²) in [6.07, 6.45) is 1.48. The lowest BCUT2D eigenvalue weighted by Crippen LogP contribution is -2.31. The monoisotopic (exact) mass is 509 g/mol. The van der Waals surface area contributed by atoms with Crippen molar-refractivity contribution < 1.29 is 14.3 Å². The molecule has 8 heteroatoms. The minimum Gasteiger partial charge on any atom is -0.490 e. The van der Waals surface area contributed by atoms with Crippen molar-refractivity contribution in [2.45, 2.75) is 40.3 Å². The van der Waals surface area contributed by atoms with Crippen LogP contribution in [0, 0.1) is 13.8 Å². The topological polar surface area (TPSA) is 90.3 Å². The Morgan fingerprint density at radius 2 is 1.82 bits per heavy atom. The van der Waals surface area contributed by atoms with Crippen LogP contribution in [0.3, 0.4) is 0 Å². The van der Waals surface area contributed by atoms with Crippen LogP contribution in [0.4, 0.5) is 11.6 Å². The summed E-state index contributed by atoms with van der Waals surface area (Å²) in [5.74, 6) is 1.59. The number of hydrogen-bond acceptors (Lipinski definition) is 6. The number of anilines is 2. The van der Waals surface area contributed by atoms with Crippen LogP contribution in [0.25, 0.3) is 0 Å². The second-order valence-corrected chi connectivity index (χ2v) is 9.28. The second kappa shape index (κ2) is 10.8. The largest absolute Gasteiger partial charge is 0.490 e. The van der Waals surface area contributed by atoms with E-state index in [0.717, 1.165) is 27.9 Å². The summed E-state index contributed by atoms with van der Waals surface area (Å²) in [4.78, 5) is 18.1. The summed E-state index contributed by atoms with van der Waals surface area (Å²) in [7, 11) is 0. The third kappa shape index (κ3) is 5.11. The molecule has 1 aromatic heterocycles. The zero-order valence-corrected chi connectivity index (χ0v) is 22.0. The molecule has 1 unspecified atom stereocenters. The van der Waals surface area contributed by atoms with E-state index in [1.807, 2.05) is 94.4 Å². The Balaban J connectivity index is 1.50. The zero-order valence-electron chi connectivity index (χ0n) is 22.0. The summed E-state index contributed by atoms with van der Waals surface area (Å²) in [6.45, 7) is 8.72. The van der Waals surface area contributed by atoms with Crippen LogP contribution >= 0.6 is 0 Å². The van der Waals surface area contributed by atoms with E-state index in [2.05, 4.69) is 20.7 Å². The number of carbonyl (C=O) groups excluding carboxylic acids is 1. The molecule has 5 rings (SSSR count). The molecule has 1 amide bonds. The number of aromatic nitrogens is 3. The summed E-state index contributed by atoms with van der Waals surface area (Å²) in [5.41, 5.74) is 6.05. The number of ether oxygens (including phenoxy) is 2. The van der Waals surface area contributed by atoms with Crippen LogP contribution in [0.1, 0.15) is 42.1 Å². The molecule has 3 aromatic carbocycles. The van der Waals surface area contributed by atoms with Gasteiger partial charge in [-0.2, -0.15) is 10.1 Å². The Morgan fingerprint density at radius 1 is 1.00 bits per heavy atom. The Hall–Kier alpha value is -4.59. The fourth-order valence-electron chi connectivity index (χ4n) is 4.65. The molecule has 1 aliphatic heterocycles. The lowest BCUT2D eigenvalue weighted by atomic mass is 9.94. The number of carbonyl (C=O) groups is 1. The molecule has 0 bridgehead atoms. The molecule has 8 nitrogen and oxygen atoms in total. The third-order valence-electron chi connectivity index (χ3n) is 6.49. The van der Waals surface area contributed by atoms with E-state index in [1.165, 1.54) is 6.33 Å². The first-order chi connectivity index (χ1) is 18.4. The number of allylic oxidation sites excluding steroid dienone is 1. The van der Waals surface area contributed by atoms with Gasteiger partial charge in [-0.05, 0) is 62.6 Å². The summed E-state index contributed by atoms with van der Waals surface area (Å²) in [5, 5.41) is 10.8. The van der Waals surface area contributed by atoms with Gasteiger partial charge in [0.15, 0.2) is 11.5 Å². The van der Waals surface area contributed by atoms with Crippen molar-refractivity contribution >= 4 is 17.5 Å². The molecule has 0 fully saturated rings. The van der Waals surface area contributed by atoms with Crippen molar-refractivity contribution in [1.29, 1.82) is 0 Å². The Morgan fingerprint density at radius 3 is 2.58 bits per heavy atom. The molecule has 0 radical (unpaired) electrons. The Labute approximate surface area is 222 Å². The molecule has 4 aromatic rings. The van der Waals surface area contributed by atoms with Crippen LogP contribution in [0.15, 0.2) is 84.3 Å². The molecule has 2 N–H and O–H groups in total. The number of nitrogens with zero attached hydrogens (tertiary/aromatic N) is 3. The lowest BCUT2D eigenvalue weighted by molar-refractivity contribution is -0.113. The van der Waals surface area contributed by atoms with Gasteiger partial charge in [0.2, 0.25) is 5.95 Å². The smallest absolute Gasteiger partial charge is 0.255 e. The first kappa shape index (κ1) is 25.1. The second-order valence-electron chi connectivity index (χ2n) is 9.28. The molecule has 0 saturated carbocycles. The number of fused-ring (bicyclic) bond motifs is 1. The highest BCUT2D eigenvalue weighted by atomic mass is 16.5. The van der Waals surface area contributed by atoms with Gasteiger partial charge in [-0.25, -0.2) is 4.68 Å². The van der Waals surface area contributed by atoms with Crippen LogP contribution in [-0.2, 0) is 11.4 Å². The van der Waals surface area contributed by atoms with Crippen LogP contribution in [-0.4, -0.2) is 27.3 Å². The molecule has 1 aliphatic rings. The van der Waals surface area contributed by atoms with Crippen molar-refractivity contribution in [1.82, 2.24) is 14.8 Å². The number of amides is 1. The van der Waals surface area contributed by atoms with Gasteiger partial charge < -0.3 is 20.1 Å². The standard InChI is InChI=1S/C30H31N5O3/c1-5-37-26-16-23(12-14-25(26)38-17-22-9-7-6-8-10-22)28-27(21(4)33-30-31-18-32-35(28)30)29(36)34-24-13-11-19(2)15-20(24)3/h6-16,18,28H,5,17H2,1-4H3,(H,34,36)(H,31,32,33). The van der Waals surface area contributed by atoms with E-state index in [9.17, 15) is 4.79 Å². The van der Waals surface area contributed by atoms with Gasteiger partial charge in [0.1, 0.15) is 19.0 Å². The van der Waals surface area contributed by atoms with Crippen molar-refractivity contribution in [2.24, 2.45) is 0 Å². The first-order valence-electron chi connectivity index (χ1n) is 12.6. The maximum absolute atomic E-state index is 13.7. The fraction of sp³-hybridized carbons (Fsp3) is 0.233. The number of hydrogen-bond donors (Lipinski definition) is 2. The van der Waals surface area contributed by atoms with Gasteiger partial charge >= 0.3 is 0 Å². The number of aryl methyl sites for hydroxylation is 2. The highest BCUT2D eigenvalue weighted by Gasteiger charge is 2.34. The minimum atomic E-state index is -0.512. The fourth-order valence-corrected chi connectivity index (χ4v) is 4.65. The maximum atomic E-state index is 13.7. The van der Waals surface area contributed by atoms with Crippen molar-refractivity contribution in [3.63, 3.8) is 0 Å². The van der Waals surface area contributed by atoms with Crippen LogP contribution in [0.2, 0.25) is 0 Å². The van der Waals surface area contributed by atoms with Gasteiger partial charge in [0.25, 0.3) is 5.91 Å². The maximum Gasteiger partial charge on any atom is 0.255 e. The van der Waals surface area contributed by atoms with Crippen molar-refractivity contribution in [3.8, 4) is 11.5 Å². The number of rotatable bonds is 8.